The Bertz CT molecular complexity index is 463. The summed E-state index contributed by atoms with van der Waals surface area (Å²) in [5.41, 5.74) is 2.36. The van der Waals surface area contributed by atoms with Crippen molar-refractivity contribution in [3.63, 3.8) is 0 Å². The molecule has 0 fully saturated rings. The highest BCUT2D eigenvalue weighted by molar-refractivity contribution is 5.83. The van der Waals surface area contributed by atoms with E-state index in [0.29, 0.717) is 19.8 Å². The number of hydrogen-bond acceptors (Lipinski definition) is 4. The lowest BCUT2D eigenvalue weighted by atomic mass is 9.94. The van der Waals surface area contributed by atoms with Crippen LogP contribution < -0.4 is 10.6 Å². The molecule has 1 aliphatic rings. The van der Waals surface area contributed by atoms with Crippen molar-refractivity contribution in [3.8, 4) is 0 Å². The van der Waals surface area contributed by atoms with Crippen LogP contribution in [0.4, 0.5) is 0 Å². The summed E-state index contributed by atoms with van der Waals surface area (Å²) in [6, 6.07) is 7.89. The molecule has 1 aromatic carbocycles. The van der Waals surface area contributed by atoms with Gasteiger partial charge in [-0.1, -0.05) is 24.3 Å². The third kappa shape index (κ3) is 4.81. The summed E-state index contributed by atoms with van der Waals surface area (Å²) in [5, 5.41) is 6.22. The summed E-state index contributed by atoms with van der Waals surface area (Å²) in [6.45, 7) is 3.52. The Labute approximate surface area is 126 Å². The molecule has 0 saturated heterocycles. The van der Waals surface area contributed by atoms with E-state index in [1.165, 1.54) is 5.56 Å². The summed E-state index contributed by atoms with van der Waals surface area (Å²) in [5.74, 6) is 0.0263. The Morgan fingerprint density at radius 1 is 1.38 bits per heavy atom. The topological polar surface area (TPSA) is 53.6 Å². The number of benzene rings is 1. The highest BCUT2D eigenvalue weighted by atomic mass is 16.5. The molecule has 21 heavy (non-hydrogen) atoms. The van der Waals surface area contributed by atoms with Crippen LogP contribution in [0.3, 0.4) is 0 Å². The number of ether oxygens (including phenoxy) is 1. The number of nitrogens with zero attached hydrogens (tertiary/aromatic N) is 1. The molecule has 1 heterocycles. The van der Waals surface area contributed by atoms with E-state index in [4.69, 9.17) is 4.74 Å². The maximum atomic E-state index is 12.3. The molecule has 1 amide bonds. The maximum Gasteiger partial charge on any atom is 0.241 e. The first kappa shape index (κ1) is 15.9. The fourth-order valence-electron chi connectivity index (χ4n) is 2.44. The highest BCUT2D eigenvalue weighted by Crippen LogP contribution is 2.22. The SMILES string of the molecule is CN(C)CCOCCNC(=O)C1NCCc2ccccc21. The van der Waals surface area contributed by atoms with Crippen molar-refractivity contribution in [2.75, 3.05) is 46.9 Å². The van der Waals surface area contributed by atoms with Gasteiger partial charge in [0.1, 0.15) is 6.04 Å². The molecule has 0 bridgehead atoms. The minimum atomic E-state index is -0.239. The van der Waals surface area contributed by atoms with Crippen molar-refractivity contribution < 1.29 is 9.53 Å². The number of likely N-dealkylation sites (N-methyl/N-ethyl adjacent to an activating group) is 1. The molecular formula is C16H25N3O2. The minimum Gasteiger partial charge on any atom is -0.378 e. The fraction of sp³-hybridized carbons (Fsp3) is 0.562. The first-order valence-corrected chi connectivity index (χ1v) is 7.50. The molecule has 1 aromatic rings. The van der Waals surface area contributed by atoms with Crippen LogP contribution in [-0.4, -0.2) is 57.8 Å². The van der Waals surface area contributed by atoms with Crippen LogP contribution in [0.1, 0.15) is 17.2 Å². The number of carbonyl (C=O) groups excluding carboxylic acids is 1. The monoisotopic (exact) mass is 291 g/mol. The summed E-state index contributed by atoms with van der Waals surface area (Å²) < 4.78 is 5.47. The van der Waals surface area contributed by atoms with Crippen molar-refractivity contribution in [2.24, 2.45) is 0 Å². The van der Waals surface area contributed by atoms with Crippen LogP contribution in [0.25, 0.3) is 0 Å². The number of carbonyl (C=O) groups is 1. The first-order chi connectivity index (χ1) is 10.2. The van der Waals surface area contributed by atoms with Gasteiger partial charge in [-0.05, 0) is 31.6 Å². The molecule has 0 aromatic heterocycles. The van der Waals surface area contributed by atoms with Gasteiger partial charge >= 0.3 is 0 Å². The molecule has 116 valence electrons. The molecule has 2 N–H and O–H groups in total. The Balaban J connectivity index is 1.74. The molecule has 0 saturated carbocycles. The van der Waals surface area contributed by atoms with Crippen LogP contribution in [0, 0.1) is 0 Å². The van der Waals surface area contributed by atoms with Gasteiger partial charge in [0.05, 0.1) is 13.2 Å². The van der Waals surface area contributed by atoms with Crippen molar-refractivity contribution in [1.82, 2.24) is 15.5 Å². The molecule has 0 aliphatic carbocycles. The summed E-state index contributed by atoms with van der Waals surface area (Å²) >= 11 is 0. The normalized spacial score (nSPS) is 17.6. The molecule has 1 unspecified atom stereocenters. The lowest BCUT2D eigenvalue weighted by Crippen LogP contribution is -2.42. The van der Waals surface area contributed by atoms with Gasteiger partial charge in [0.2, 0.25) is 5.91 Å². The Hall–Kier alpha value is -1.43. The quantitative estimate of drug-likeness (QED) is 0.721. The fourth-order valence-corrected chi connectivity index (χ4v) is 2.44. The zero-order valence-electron chi connectivity index (χ0n) is 12.9. The van der Waals surface area contributed by atoms with Crippen molar-refractivity contribution in [1.29, 1.82) is 0 Å². The second-order valence-electron chi connectivity index (χ2n) is 5.54. The highest BCUT2D eigenvalue weighted by Gasteiger charge is 2.25. The van der Waals surface area contributed by atoms with E-state index in [0.717, 1.165) is 25.1 Å². The van der Waals surface area contributed by atoms with Gasteiger partial charge in [-0.3, -0.25) is 4.79 Å². The summed E-state index contributed by atoms with van der Waals surface area (Å²) in [4.78, 5) is 14.3. The predicted octanol–water partition coefficient (Wildman–Crippen LogP) is 0.568. The molecule has 1 atom stereocenters. The van der Waals surface area contributed by atoms with E-state index >= 15 is 0 Å². The zero-order valence-corrected chi connectivity index (χ0v) is 12.9. The third-order valence-electron chi connectivity index (χ3n) is 3.60. The van der Waals surface area contributed by atoms with Crippen LogP contribution in [-0.2, 0) is 16.0 Å². The van der Waals surface area contributed by atoms with Gasteiger partial charge in [0.15, 0.2) is 0 Å². The predicted molar refractivity (Wildman–Crippen MR) is 83.3 cm³/mol. The van der Waals surface area contributed by atoms with Gasteiger partial charge in [-0.25, -0.2) is 0 Å². The average molecular weight is 291 g/mol. The second-order valence-corrected chi connectivity index (χ2v) is 5.54. The lowest BCUT2D eigenvalue weighted by Gasteiger charge is -2.26. The van der Waals surface area contributed by atoms with Gasteiger partial charge < -0.3 is 20.3 Å². The van der Waals surface area contributed by atoms with Gasteiger partial charge in [-0.2, -0.15) is 0 Å². The number of fused-ring (bicyclic) bond motifs is 1. The van der Waals surface area contributed by atoms with E-state index in [1.54, 1.807) is 0 Å². The van der Waals surface area contributed by atoms with Crippen LogP contribution in [0.15, 0.2) is 24.3 Å². The van der Waals surface area contributed by atoms with Gasteiger partial charge in [0, 0.05) is 19.6 Å². The molecule has 0 radical (unpaired) electrons. The molecule has 5 nitrogen and oxygen atoms in total. The maximum absolute atomic E-state index is 12.3. The van der Waals surface area contributed by atoms with E-state index in [9.17, 15) is 4.79 Å². The number of nitrogens with one attached hydrogen (secondary N) is 2. The Morgan fingerprint density at radius 2 is 2.19 bits per heavy atom. The Morgan fingerprint density at radius 3 is 3.00 bits per heavy atom. The Kier molecular flexibility index (Phi) is 6.17. The molecule has 0 spiro atoms. The van der Waals surface area contributed by atoms with Crippen LogP contribution in [0.5, 0.6) is 0 Å². The summed E-state index contributed by atoms with van der Waals surface area (Å²) in [6.07, 6.45) is 0.980. The van der Waals surface area contributed by atoms with Crippen molar-refractivity contribution in [3.05, 3.63) is 35.4 Å². The molecule has 2 rings (SSSR count). The third-order valence-corrected chi connectivity index (χ3v) is 3.60. The van der Waals surface area contributed by atoms with Crippen molar-refractivity contribution in [2.45, 2.75) is 12.5 Å². The smallest absolute Gasteiger partial charge is 0.241 e. The standard InChI is InChI=1S/C16H25N3O2/c1-19(2)10-12-21-11-9-18-16(20)15-14-6-4-3-5-13(14)7-8-17-15/h3-6,15,17H,7-12H2,1-2H3,(H,18,20). The minimum absolute atomic E-state index is 0.0263. The van der Waals surface area contributed by atoms with Gasteiger partial charge in [-0.15, -0.1) is 0 Å². The van der Waals surface area contributed by atoms with Crippen LogP contribution in [0.2, 0.25) is 0 Å². The number of amides is 1. The number of hydrogen-bond donors (Lipinski definition) is 2. The second kappa shape index (κ2) is 8.12. The summed E-state index contributed by atoms with van der Waals surface area (Å²) in [7, 11) is 4.02. The van der Waals surface area contributed by atoms with Crippen molar-refractivity contribution >= 4 is 5.91 Å². The van der Waals surface area contributed by atoms with Crippen LogP contribution >= 0.6 is 0 Å². The average Bonchev–Trinajstić information content (AvgIpc) is 2.49. The zero-order chi connectivity index (χ0) is 15.1. The largest absolute Gasteiger partial charge is 0.378 e. The van der Waals surface area contributed by atoms with E-state index in [1.807, 2.05) is 32.3 Å². The molecular weight excluding hydrogens is 266 g/mol. The van der Waals surface area contributed by atoms with E-state index < -0.39 is 0 Å². The lowest BCUT2D eigenvalue weighted by molar-refractivity contribution is -0.123. The first-order valence-electron chi connectivity index (χ1n) is 7.50. The van der Waals surface area contributed by atoms with E-state index in [-0.39, 0.29) is 11.9 Å². The van der Waals surface area contributed by atoms with E-state index in [2.05, 4.69) is 21.6 Å². The van der Waals surface area contributed by atoms with Gasteiger partial charge in [0.25, 0.3) is 0 Å². The molecule has 1 aliphatic heterocycles. The number of rotatable bonds is 7. The molecule has 5 heteroatoms.